The van der Waals surface area contributed by atoms with Crippen LogP contribution >= 0.6 is 0 Å². The van der Waals surface area contributed by atoms with E-state index in [4.69, 9.17) is 0 Å². The van der Waals surface area contributed by atoms with E-state index in [2.05, 4.69) is 10.3 Å². The molecule has 1 heterocycles. The van der Waals surface area contributed by atoms with Crippen molar-refractivity contribution in [2.45, 2.75) is 33.2 Å². The Labute approximate surface area is 97.1 Å². The van der Waals surface area contributed by atoms with Gasteiger partial charge in [0.1, 0.15) is 5.69 Å². The van der Waals surface area contributed by atoms with Crippen molar-refractivity contribution in [3.8, 4) is 0 Å². The largest absolute Gasteiger partial charge is 0.377 e. The maximum absolute atomic E-state index is 13.3. The predicted octanol–water partition coefficient (Wildman–Crippen LogP) is 3.48. The molecule has 6 heteroatoms. The van der Waals surface area contributed by atoms with Gasteiger partial charge in [-0.1, -0.05) is 20.3 Å². The van der Waals surface area contributed by atoms with Gasteiger partial charge in [0.2, 0.25) is 11.6 Å². The highest BCUT2D eigenvalue weighted by Crippen LogP contribution is 2.24. The molecule has 1 aromatic heterocycles. The van der Waals surface area contributed by atoms with Gasteiger partial charge in [0, 0.05) is 6.04 Å². The lowest BCUT2D eigenvalue weighted by Crippen LogP contribution is -2.25. The van der Waals surface area contributed by atoms with Gasteiger partial charge in [-0.3, -0.25) is 0 Å². The Morgan fingerprint density at radius 1 is 1.06 bits per heavy atom. The van der Waals surface area contributed by atoms with Crippen molar-refractivity contribution in [3.05, 3.63) is 23.5 Å². The molecule has 17 heavy (non-hydrogen) atoms. The quantitative estimate of drug-likeness (QED) is 0.653. The summed E-state index contributed by atoms with van der Waals surface area (Å²) < 4.78 is 52.2. The molecule has 2 unspecified atom stereocenters. The number of aromatic nitrogens is 1. The number of anilines is 1. The summed E-state index contributed by atoms with van der Waals surface area (Å²) in [5.41, 5.74) is -0.803. The first kappa shape index (κ1) is 13.7. The van der Waals surface area contributed by atoms with E-state index in [-0.39, 0.29) is 12.0 Å². The van der Waals surface area contributed by atoms with Crippen LogP contribution in [0.4, 0.5) is 23.2 Å². The normalized spacial score (nSPS) is 14.5. The zero-order chi connectivity index (χ0) is 13.2. The van der Waals surface area contributed by atoms with Gasteiger partial charge < -0.3 is 5.32 Å². The molecule has 0 saturated carbocycles. The lowest BCUT2D eigenvalue weighted by atomic mass is 10.0. The maximum atomic E-state index is 13.3. The van der Waals surface area contributed by atoms with E-state index in [1.807, 2.05) is 13.8 Å². The minimum Gasteiger partial charge on any atom is -0.377 e. The molecule has 0 bridgehead atoms. The van der Waals surface area contributed by atoms with E-state index in [9.17, 15) is 17.6 Å². The molecule has 0 radical (unpaired) electrons. The Kier molecular flexibility index (Phi) is 4.31. The zero-order valence-corrected chi connectivity index (χ0v) is 9.82. The van der Waals surface area contributed by atoms with Crippen molar-refractivity contribution in [1.29, 1.82) is 0 Å². The average molecular weight is 250 g/mol. The molecular weight excluding hydrogens is 236 g/mol. The van der Waals surface area contributed by atoms with Gasteiger partial charge in [-0.15, -0.1) is 0 Å². The number of hydrogen-bond acceptors (Lipinski definition) is 2. The van der Waals surface area contributed by atoms with Gasteiger partial charge in [0.15, 0.2) is 0 Å². The number of nitrogens with zero attached hydrogens (tertiary/aromatic N) is 1. The topological polar surface area (TPSA) is 24.9 Å². The van der Waals surface area contributed by atoms with Crippen LogP contribution in [0, 0.1) is 29.4 Å². The van der Waals surface area contributed by atoms with E-state index in [1.165, 1.54) is 0 Å². The molecular formula is C11H14F4N2. The van der Waals surface area contributed by atoms with Crippen LogP contribution in [0.1, 0.15) is 27.2 Å². The highest BCUT2D eigenvalue weighted by atomic mass is 19.2. The van der Waals surface area contributed by atoms with Crippen molar-refractivity contribution in [2.75, 3.05) is 5.32 Å². The summed E-state index contributed by atoms with van der Waals surface area (Å²) in [6.45, 7) is 5.45. The summed E-state index contributed by atoms with van der Waals surface area (Å²) >= 11 is 0. The lowest BCUT2D eigenvalue weighted by molar-refractivity contribution is 0.406. The smallest absolute Gasteiger partial charge is 0.253 e. The minimum absolute atomic E-state index is 0.105. The van der Waals surface area contributed by atoms with Gasteiger partial charge in [-0.05, 0) is 12.8 Å². The fourth-order valence-electron chi connectivity index (χ4n) is 1.34. The first-order valence-corrected chi connectivity index (χ1v) is 5.35. The van der Waals surface area contributed by atoms with Crippen molar-refractivity contribution in [3.63, 3.8) is 0 Å². The predicted molar refractivity (Wildman–Crippen MR) is 56.6 cm³/mol. The van der Waals surface area contributed by atoms with Crippen LogP contribution in [-0.4, -0.2) is 11.0 Å². The second kappa shape index (κ2) is 5.33. The first-order chi connectivity index (χ1) is 7.88. The maximum Gasteiger partial charge on any atom is 0.253 e. The van der Waals surface area contributed by atoms with E-state index < -0.39 is 29.2 Å². The van der Waals surface area contributed by atoms with Crippen molar-refractivity contribution >= 4 is 5.69 Å². The Hall–Kier alpha value is -1.33. The molecule has 2 atom stereocenters. The van der Waals surface area contributed by atoms with Crippen molar-refractivity contribution in [1.82, 2.24) is 4.98 Å². The Bertz CT molecular complexity index is 383. The van der Waals surface area contributed by atoms with Crippen LogP contribution in [0.2, 0.25) is 0 Å². The number of nitrogens with one attached hydrogen (secondary N) is 1. The monoisotopic (exact) mass is 250 g/mol. The molecule has 0 spiro atoms. The molecule has 0 saturated heterocycles. The van der Waals surface area contributed by atoms with Crippen molar-refractivity contribution in [2.24, 2.45) is 5.92 Å². The average Bonchev–Trinajstić information content (AvgIpc) is 2.30. The lowest BCUT2D eigenvalue weighted by Gasteiger charge is -2.21. The van der Waals surface area contributed by atoms with Crippen LogP contribution in [0.5, 0.6) is 0 Å². The summed E-state index contributed by atoms with van der Waals surface area (Å²) in [5, 5.41) is 2.44. The first-order valence-electron chi connectivity index (χ1n) is 5.35. The Balaban J connectivity index is 3.06. The van der Waals surface area contributed by atoms with Crippen LogP contribution in [0.15, 0.2) is 0 Å². The van der Waals surface area contributed by atoms with Crippen LogP contribution in [0.25, 0.3) is 0 Å². The zero-order valence-electron chi connectivity index (χ0n) is 9.82. The summed E-state index contributed by atoms with van der Waals surface area (Å²) in [4.78, 5) is 2.48. The number of hydrogen-bond donors (Lipinski definition) is 1. The van der Waals surface area contributed by atoms with E-state index in [0.29, 0.717) is 0 Å². The summed E-state index contributed by atoms with van der Waals surface area (Å²) in [7, 11) is 0. The number of pyridine rings is 1. The SMILES string of the molecule is CCC(C)C(C)Nc1c(F)c(F)nc(F)c1F. The minimum atomic E-state index is -1.65. The molecule has 2 nitrogen and oxygen atoms in total. The molecule has 0 aliphatic rings. The standard InChI is InChI=1S/C11H14F4N2/c1-4-5(2)6(3)16-9-7(12)10(14)17-11(15)8(9)13/h5-6H,4H2,1-3H3,(H,16,17). The molecule has 0 amide bonds. The molecule has 1 rings (SSSR count). The molecule has 0 fully saturated rings. The fraction of sp³-hybridized carbons (Fsp3) is 0.545. The molecule has 0 aliphatic heterocycles. The van der Waals surface area contributed by atoms with Gasteiger partial charge >= 0.3 is 0 Å². The molecule has 1 N–H and O–H groups in total. The Morgan fingerprint density at radius 3 is 1.94 bits per heavy atom. The number of halogens is 4. The van der Waals surface area contributed by atoms with E-state index >= 15 is 0 Å². The summed E-state index contributed by atoms with van der Waals surface area (Å²) in [5.74, 6) is -6.20. The third-order valence-electron chi connectivity index (χ3n) is 2.87. The van der Waals surface area contributed by atoms with Crippen LogP contribution in [0.3, 0.4) is 0 Å². The van der Waals surface area contributed by atoms with E-state index in [1.54, 1.807) is 6.92 Å². The highest BCUT2D eigenvalue weighted by Gasteiger charge is 2.22. The van der Waals surface area contributed by atoms with Crippen LogP contribution < -0.4 is 5.32 Å². The molecule has 0 aliphatic carbocycles. The Morgan fingerprint density at radius 2 is 1.53 bits per heavy atom. The van der Waals surface area contributed by atoms with Gasteiger partial charge in [-0.25, -0.2) is 0 Å². The number of rotatable bonds is 4. The van der Waals surface area contributed by atoms with Gasteiger partial charge in [0.05, 0.1) is 0 Å². The molecule has 0 aromatic carbocycles. The van der Waals surface area contributed by atoms with Gasteiger partial charge in [0.25, 0.3) is 11.9 Å². The highest BCUT2D eigenvalue weighted by molar-refractivity contribution is 5.46. The third kappa shape index (κ3) is 2.87. The second-order valence-electron chi connectivity index (χ2n) is 4.01. The second-order valence-corrected chi connectivity index (χ2v) is 4.01. The van der Waals surface area contributed by atoms with Crippen molar-refractivity contribution < 1.29 is 17.6 Å². The third-order valence-corrected chi connectivity index (χ3v) is 2.87. The molecule has 1 aromatic rings. The summed E-state index contributed by atoms with van der Waals surface area (Å²) in [6.07, 6.45) is 0.771. The van der Waals surface area contributed by atoms with Gasteiger partial charge in [-0.2, -0.15) is 22.5 Å². The molecule has 96 valence electrons. The fourth-order valence-corrected chi connectivity index (χ4v) is 1.34. The van der Waals surface area contributed by atoms with Crippen LogP contribution in [-0.2, 0) is 0 Å². The van der Waals surface area contributed by atoms with E-state index in [0.717, 1.165) is 6.42 Å². The summed E-state index contributed by atoms with van der Waals surface area (Å²) in [6, 6.07) is -0.315.